The second-order valence-electron chi connectivity index (χ2n) is 6.03. The summed E-state index contributed by atoms with van der Waals surface area (Å²) in [6.45, 7) is 8.84. The second kappa shape index (κ2) is 5.09. The van der Waals surface area contributed by atoms with Gasteiger partial charge in [0, 0.05) is 24.8 Å². The summed E-state index contributed by atoms with van der Waals surface area (Å²) < 4.78 is 0. The van der Waals surface area contributed by atoms with Gasteiger partial charge in [0.25, 0.3) is 0 Å². The van der Waals surface area contributed by atoms with Crippen molar-refractivity contribution in [1.82, 2.24) is 4.98 Å². The van der Waals surface area contributed by atoms with Crippen molar-refractivity contribution in [1.29, 1.82) is 0 Å². The van der Waals surface area contributed by atoms with Gasteiger partial charge in [-0.3, -0.25) is 4.79 Å². The Hall–Kier alpha value is -1.38. The summed E-state index contributed by atoms with van der Waals surface area (Å²) in [6.07, 6.45) is 6.21. The average molecular weight is 246 g/mol. The Kier molecular flexibility index (Phi) is 3.69. The van der Waals surface area contributed by atoms with Gasteiger partial charge in [0.05, 0.1) is 0 Å². The largest absolute Gasteiger partial charge is 0.356 e. The van der Waals surface area contributed by atoms with Gasteiger partial charge in [-0.2, -0.15) is 0 Å². The molecule has 0 amide bonds. The Bertz CT molecular complexity index is 440. The summed E-state index contributed by atoms with van der Waals surface area (Å²) in [5, 5.41) is 0. The Morgan fingerprint density at radius 2 is 2.11 bits per heavy atom. The topological polar surface area (TPSA) is 33.2 Å². The van der Waals surface area contributed by atoms with Crippen LogP contribution >= 0.6 is 0 Å². The van der Waals surface area contributed by atoms with E-state index >= 15 is 0 Å². The standard InChI is InChI=1S/C15H22N2O/c1-12-9-13(11-18)10-16-14(12)17-7-4-5-15(2,3)6-8-17/h9-11H,4-8H2,1-3H3. The van der Waals surface area contributed by atoms with Crippen molar-refractivity contribution >= 4 is 12.1 Å². The van der Waals surface area contributed by atoms with E-state index in [1.54, 1.807) is 6.20 Å². The van der Waals surface area contributed by atoms with Crippen LogP contribution in [-0.4, -0.2) is 24.4 Å². The highest BCUT2D eigenvalue weighted by atomic mass is 16.1. The molecule has 0 radical (unpaired) electrons. The SMILES string of the molecule is Cc1cc(C=O)cnc1N1CCCC(C)(C)CC1. The lowest BCUT2D eigenvalue weighted by Gasteiger charge is -2.25. The Balaban J connectivity index is 2.18. The van der Waals surface area contributed by atoms with Crippen molar-refractivity contribution in [3.05, 3.63) is 23.4 Å². The molecule has 1 aromatic heterocycles. The van der Waals surface area contributed by atoms with Crippen LogP contribution in [0, 0.1) is 12.3 Å². The Labute approximate surface area is 109 Å². The van der Waals surface area contributed by atoms with Gasteiger partial charge in [-0.25, -0.2) is 4.98 Å². The number of rotatable bonds is 2. The fourth-order valence-corrected chi connectivity index (χ4v) is 2.62. The first-order valence-corrected chi connectivity index (χ1v) is 6.69. The maximum Gasteiger partial charge on any atom is 0.151 e. The number of aldehydes is 1. The lowest BCUT2D eigenvalue weighted by atomic mass is 9.85. The maximum absolute atomic E-state index is 10.7. The van der Waals surface area contributed by atoms with E-state index in [0.717, 1.165) is 30.8 Å². The van der Waals surface area contributed by atoms with Gasteiger partial charge in [0.15, 0.2) is 6.29 Å². The van der Waals surface area contributed by atoms with Gasteiger partial charge in [-0.1, -0.05) is 13.8 Å². The lowest BCUT2D eigenvalue weighted by Crippen LogP contribution is -2.26. The number of hydrogen-bond donors (Lipinski definition) is 0. The molecule has 0 saturated carbocycles. The van der Waals surface area contributed by atoms with Gasteiger partial charge < -0.3 is 4.90 Å². The Morgan fingerprint density at radius 3 is 2.78 bits per heavy atom. The van der Waals surface area contributed by atoms with Crippen molar-refractivity contribution in [2.45, 2.75) is 40.0 Å². The lowest BCUT2D eigenvalue weighted by molar-refractivity contribution is 0.112. The molecule has 0 bridgehead atoms. The Morgan fingerprint density at radius 1 is 1.33 bits per heavy atom. The first kappa shape index (κ1) is 13.1. The van der Waals surface area contributed by atoms with Gasteiger partial charge in [-0.15, -0.1) is 0 Å². The third kappa shape index (κ3) is 2.89. The molecule has 2 heterocycles. The predicted octanol–water partition coefficient (Wildman–Crippen LogP) is 3.22. The second-order valence-corrected chi connectivity index (χ2v) is 6.03. The minimum Gasteiger partial charge on any atom is -0.356 e. The number of nitrogens with zero attached hydrogens (tertiary/aromatic N) is 2. The first-order valence-electron chi connectivity index (χ1n) is 6.69. The van der Waals surface area contributed by atoms with Gasteiger partial charge >= 0.3 is 0 Å². The molecule has 98 valence electrons. The number of carbonyl (C=O) groups excluding carboxylic acids is 1. The number of aromatic nitrogens is 1. The summed E-state index contributed by atoms with van der Waals surface area (Å²) in [6, 6.07) is 1.92. The molecule has 0 atom stereocenters. The molecule has 0 N–H and O–H groups in total. The van der Waals surface area contributed by atoms with Crippen LogP contribution in [0.4, 0.5) is 5.82 Å². The van der Waals surface area contributed by atoms with Crippen molar-refractivity contribution in [2.75, 3.05) is 18.0 Å². The summed E-state index contributed by atoms with van der Waals surface area (Å²) in [7, 11) is 0. The number of aryl methyl sites for hydroxylation is 1. The van der Waals surface area contributed by atoms with Crippen LogP contribution in [0.15, 0.2) is 12.3 Å². The zero-order chi connectivity index (χ0) is 13.2. The molecule has 1 aromatic rings. The first-order chi connectivity index (χ1) is 8.52. The molecule has 18 heavy (non-hydrogen) atoms. The molecular formula is C15H22N2O. The van der Waals surface area contributed by atoms with Crippen molar-refractivity contribution in [2.24, 2.45) is 5.41 Å². The summed E-state index contributed by atoms with van der Waals surface area (Å²) >= 11 is 0. The smallest absolute Gasteiger partial charge is 0.151 e. The van der Waals surface area contributed by atoms with Crippen LogP contribution in [0.1, 0.15) is 49.0 Å². The van der Waals surface area contributed by atoms with E-state index < -0.39 is 0 Å². The van der Waals surface area contributed by atoms with Crippen LogP contribution in [0.5, 0.6) is 0 Å². The average Bonchev–Trinajstić information content (AvgIpc) is 2.50. The van der Waals surface area contributed by atoms with E-state index in [0.29, 0.717) is 11.0 Å². The molecule has 0 aromatic carbocycles. The number of anilines is 1. The molecule has 1 fully saturated rings. The number of pyridine rings is 1. The number of hydrogen-bond acceptors (Lipinski definition) is 3. The summed E-state index contributed by atoms with van der Waals surface area (Å²) in [5.74, 6) is 1.04. The molecule has 2 rings (SSSR count). The van der Waals surface area contributed by atoms with Gasteiger partial charge in [-0.05, 0) is 43.2 Å². The summed E-state index contributed by atoms with van der Waals surface area (Å²) in [4.78, 5) is 17.5. The third-order valence-electron chi connectivity index (χ3n) is 3.85. The van der Waals surface area contributed by atoms with Crippen LogP contribution < -0.4 is 4.90 Å². The van der Waals surface area contributed by atoms with E-state index in [1.807, 2.05) is 13.0 Å². The monoisotopic (exact) mass is 246 g/mol. The van der Waals surface area contributed by atoms with Crippen molar-refractivity contribution in [3.8, 4) is 0 Å². The summed E-state index contributed by atoms with van der Waals surface area (Å²) in [5.41, 5.74) is 2.19. The fourth-order valence-electron chi connectivity index (χ4n) is 2.62. The number of carbonyl (C=O) groups is 1. The zero-order valence-electron chi connectivity index (χ0n) is 11.6. The van der Waals surface area contributed by atoms with Crippen LogP contribution in [0.3, 0.4) is 0 Å². The van der Waals surface area contributed by atoms with Crippen molar-refractivity contribution in [3.63, 3.8) is 0 Å². The highest BCUT2D eigenvalue weighted by molar-refractivity contribution is 5.75. The maximum atomic E-state index is 10.7. The van der Waals surface area contributed by atoms with Gasteiger partial charge in [0.2, 0.25) is 0 Å². The molecular weight excluding hydrogens is 224 g/mol. The molecule has 0 spiro atoms. The minimum atomic E-state index is 0.436. The van der Waals surface area contributed by atoms with Crippen molar-refractivity contribution < 1.29 is 4.79 Å². The molecule has 1 aliphatic heterocycles. The van der Waals surface area contributed by atoms with E-state index in [4.69, 9.17) is 0 Å². The quantitative estimate of drug-likeness (QED) is 0.751. The molecule has 1 saturated heterocycles. The van der Waals surface area contributed by atoms with Gasteiger partial charge in [0.1, 0.15) is 5.82 Å². The van der Waals surface area contributed by atoms with E-state index in [1.165, 1.54) is 19.3 Å². The van der Waals surface area contributed by atoms with Crippen LogP contribution in [0.2, 0.25) is 0 Å². The molecule has 0 aliphatic carbocycles. The predicted molar refractivity (Wildman–Crippen MR) is 74.2 cm³/mol. The minimum absolute atomic E-state index is 0.436. The highest BCUT2D eigenvalue weighted by Gasteiger charge is 2.24. The van der Waals surface area contributed by atoms with Crippen LogP contribution in [0.25, 0.3) is 0 Å². The highest BCUT2D eigenvalue weighted by Crippen LogP contribution is 2.31. The molecule has 3 nitrogen and oxygen atoms in total. The van der Waals surface area contributed by atoms with E-state index in [9.17, 15) is 4.79 Å². The molecule has 3 heteroatoms. The third-order valence-corrected chi connectivity index (χ3v) is 3.85. The van der Waals surface area contributed by atoms with Crippen LogP contribution in [-0.2, 0) is 0 Å². The molecule has 1 aliphatic rings. The van der Waals surface area contributed by atoms with E-state index in [-0.39, 0.29) is 0 Å². The zero-order valence-corrected chi connectivity index (χ0v) is 11.6. The fraction of sp³-hybridized carbons (Fsp3) is 0.600. The molecule has 0 unspecified atom stereocenters. The normalized spacial score (nSPS) is 19.4. The van der Waals surface area contributed by atoms with E-state index in [2.05, 4.69) is 23.7 Å².